The predicted molar refractivity (Wildman–Crippen MR) is 59.8 cm³/mol. The van der Waals surface area contributed by atoms with Crippen LogP contribution < -0.4 is 4.74 Å². The summed E-state index contributed by atoms with van der Waals surface area (Å²) in [6.45, 7) is 6.67. The number of hydrogen-bond donors (Lipinski definition) is 1. The van der Waals surface area contributed by atoms with E-state index in [4.69, 9.17) is 9.84 Å². The Morgan fingerprint density at radius 1 is 1.75 bits per heavy atom. The lowest BCUT2D eigenvalue weighted by Gasteiger charge is -2.01. The van der Waals surface area contributed by atoms with Crippen molar-refractivity contribution in [3.05, 3.63) is 24.5 Å². The fourth-order valence-corrected chi connectivity index (χ4v) is 1.25. The monoisotopic (exact) mass is 224 g/mol. The smallest absolute Gasteiger partial charge is 0.360 e. The van der Waals surface area contributed by atoms with Crippen molar-refractivity contribution in [1.29, 1.82) is 0 Å². The molecule has 1 aromatic heterocycles. The summed E-state index contributed by atoms with van der Waals surface area (Å²) < 4.78 is 6.92. The zero-order valence-corrected chi connectivity index (χ0v) is 9.35. The van der Waals surface area contributed by atoms with Crippen LogP contribution in [0.3, 0.4) is 0 Å². The Morgan fingerprint density at radius 3 is 3.06 bits per heavy atom. The van der Waals surface area contributed by atoms with E-state index in [9.17, 15) is 4.79 Å². The number of aryl methyl sites for hydroxylation is 1. The number of ether oxygens (including phenoxy) is 1. The Morgan fingerprint density at radius 2 is 2.50 bits per heavy atom. The van der Waals surface area contributed by atoms with Gasteiger partial charge in [0.1, 0.15) is 0 Å². The van der Waals surface area contributed by atoms with Crippen molar-refractivity contribution in [2.75, 3.05) is 6.61 Å². The Labute approximate surface area is 94.3 Å². The highest BCUT2D eigenvalue weighted by molar-refractivity contribution is 5.88. The van der Waals surface area contributed by atoms with E-state index in [0.29, 0.717) is 25.3 Å². The van der Waals surface area contributed by atoms with E-state index in [0.717, 1.165) is 6.42 Å². The minimum absolute atomic E-state index is 0.0301. The average molecular weight is 224 g/mol. The second kappa shape index (κ2) is 5.95. The van der Waals surface area contributed by atoms with Gasteiger partial charge in [-0.15, -0.1) is 6.58 Å². The first-order chi connectivity index (χ1) is 7.69. The topological polar surface area (TPSA) is 64.4 Å². The molecule has 0 amide bonds. The number of carboxylic acid groups (broad SMARTS) is 1. The maximum atomic E-state index is 10.9. The highest BCUT2D eigenvalue weighted by atomic mass is 16.5. The second-order valence-electron chi connectivity index (χ2n) is 3.34. The zero-order valence-electron chi connectivity index (χ0n) is 9.35. The molecule has 0 saturated carbocycles. The molecule has 1 aromatic rings. The molecule has 0 spiro atoms. The maximum Gasteiger partial charge on any atom is 0.360 e. The molecular weight excluding hydrogens is 208 g/mol. The fourth-order valence-electron chi connectivity index (χ4n) is 1.25. The van der Waals surface area contributed by atoms with Crippen molar-refractivity contribution in [2.45, 2.75) is 26.3 Å². The molecule has 88 valence electrons. The molecule has 0 aliphatic carbocycles. The van der Waals surface area contributed by atoms with Crippen molar-refractivity contribution in [2.24, 2.45) is 0 Å². The summed E-state index contributed by atoms with van der Waals surface area (Å²) in [6.07, 6.45) is 4.91. The van der Waals surface area contributed by atoms with Gasteiger partial charge in [0.25, 0.3) is 0 Å². The van der Waals surface area contributed by atoms with Crippen LogP contribution in [0, 0.1) is 0 Å². The van der Waals surface area contributed by atoms with E-state index in [1.807, 2.05) is 6.92 Å². The van der Waals surface area contributed by atoms with E-state index in [2.05, 4.69) is 11.7 Å². The van der Waals surface area contributed by atoms with Gasteiger partial charge in [-0.1, -0.05) is 13.0 Å². The van der Waals surface area contributed by atoms with Gasteiger partial charge in [-0.2, -0.15) is 5.10 Å². The number of carbonyl (C=O) groups is 1. The van der Waals surface area contributed by atoms with Gasteiger partial charge in [0.05, 0.1) is 12.8 Å². The molecule has 0 atom stereocenters. The van der Waals surface area contributed by atoms with Crippen molar-refractivity contribution in [3.63, 3.8) is 0 Å². The van der Waals surface area contributed by atoms with E-state index in [-0.39, 0.29) is 5.69 Å². The minimum Gasteiger partial charge on any atom is -0.489 e. The minimum atomic E-state index is -1.07. The first-order valence-corrected chi connectivity index (χ1v) is 5.23. The summed E-state index contributed by atoms with van der Waals surface area (Å²) in [5.74, 6) is -0.744. The normalized spacial score (nSPS) is 10.1. The van der Waals surface area contributed by atoms with Gasteiger partial charge in [0, 0.05) is 6.54 Å². The molecule has 5 nitrogen and oxygen atoms in total. The van der Waals surface area contributed by atoms with Crippen LogP contribution in [0.1, 0.15) is 30.3 Å². The average Bonchev–Trinajstić information content (AvgIpc) is 2.62. The Balaban J connectivity index is 2.78. The first-order valence-electron chi connectivity index (χ1n) is 5.23. The SMILES string of the molecule is C=CCCOc1cn(CCC)nc1C(=O)O. The molecule has 0 unspecified atom stereocenters. The Kier molecular flexibility index (Phi) is 4.57. The molecule has 0 aliphatic rings. The number of hydrogen-bond acceptors (Lipinski definition) is 3. The van der Waals surface area contributed by atoms with Crippen LogP contribution in [0.4, 0.5) is 0 Å². The summed E-state index contributed by atoms with van der Waals surface area (Å²) in [6, 6.07) is 0. The van der Waals surface area contributed by atoms with Crippen molar-refractivity contribution in [3.8, 4) is 5.75 Å². The van der Waals surface area contributed by atoms with Crippen LogP contribution in [-0.4, -0.2) is 27.5 Å². The van der Waals surface area contributed by atoms with Gasteiger partial charge in [0.2, 0.25) is 5.69 Å². The Hall–Kier alpha value is -1.78. The lowest BCUT2D eigenvalue weighted by molar-refractivity contribution is 0.0685. The molecule has 1 rings (SSSR count). The lowest BCUT2D eigenvalue weighted by Crippen LogP contribution is -2.04. The third-order valence-corrected chi connectivity index (χ3v) is 1.96. The highest BCUT2D eigenvalue weighted by Gasteiger charge is 2.16. The molecule has 0 aliphatic heterocycles. The van der Waals surface area contributed by atoms with Gasteiger partial charge in [-0.3, -0.25) is 4.68 Å². The molecule has 16 heavy (non-hydrogen) atoms. The number of aromatic nitrogens is 2. The van der Waals surface area contributed by atoms with Crippen LogP contribution in [0.25, 0.3) is 0 Å². The highest BCUT2D eigenvalue weighted by Crippen LogP contribution is 2.17. The van der Waals surface area contributed by atoms with Gasteiger partial charge < -0.3 is 9.84 Å². The first kappa shape index (κ1) is 12.3. The molecule has 0 aromatic carbocycles. The third-order valence-electron chi connectivity index (χ3n) is 1.96. The number of aromatic carboxylic acids is 1. The largest absolute Gasteiger partial charge is 0.489 e. The summed E-state index contributed by atoms with van der Waals surface area (Å²) in [4.78, 5) is 10.9. The summed E-state index contributed by atoms with van der Waals surface area (Å²) in [5.41, 5.74) is -0.0301. The van der Waals surface area contributed by atoms with E-state index >= 15 is 0 Å². The standard InChI is InChI=1S/C11H16N2O3/c1-3-5-7-16-9-8-13(6-4-2)12-10(9)11(14)15/h3,8H,1,4-7H2,2H3,(H,14,15). The van der Waals surface area contributed by atoms with Gasteiger partial charge in [-0.05, 0) is 12.8 Å². The van der Waals surface area contributed by atoms with Crippen molar-refractivity contribution in [1.82, 2.24) is 9.78 Å². The van der Waals surface area contributed by atoms with Crippen molar-refractivity contribution < 1.29 is 14.6 Å². The summed E-state index contributed by atoms with van der Waals surface area (Å²) in [5, 5.41) is 12.9. The molecule has 0 saturated heterocycles. The molecule has 0 fully saturated rings. The van der Waals surface area contributed by atoms with Gasteiger partial charge in [-0.25, -0.2) is 4.79 Å². The number of rotatable bonds is 7. The predicted octanol–water partition coefficient (Wildman–Crippen LogP) is 1.95. The van der Waals surface area contributed by atoms with Crippen LogP contribution >= 0.6 is 0 Å². The van der Waals surface area contributed by atoms with Gasteiger partial charge in [0.15, 0.2) is 5.75 Å². The van der Waals surface area contributed by atoms with Crippen LogP contribution in [0.5, 0.6) is 5.75 Å². The molecule has 1 N–H and O–H groups in total. The lowest BCUT2D eigenvalue weighted by atomic mass is 10.4. The maximum absolute atomic E-state index is 10.9. The quantitative estimate of drug-likeness (QED) is 0.568. The van der Waals surface area contributed by atoms with Crippen LogP contribution in [0.2, 0.25) is 0 Å². The zero-order chi connectivity index (χ0) is 12.0. The number of carboxylic acids is 1. The summed E-state index contributed by atoms with van der Waals surface area (Å²) in [7, 11) is 0. The van der Waals surface area contributed by atoms with Gasteiger partial charge >= 0.3 is 5.97 Å². The molecular formula is C11H16N2O3. The fraction of sp³-hybridized carbons (Fsp3) is 0.455. The number of nitrogens with zero attached hydrogens (tertiary/aromatic N) is 2. The van der Waals surface area contributed by atoms with E-state index < -0.39 is 5.97 Å². The third kappa shape index (κ3) is 3.12. The van der Waals surface area contributed by atoms with Crippen LogP contribution in [-0.2, 0) is 6.54 Å². The van der Waals surface area contributed by atoms with Crippen molar-refractivity contribution >= 4 is 5.97 Å². The molecule has 0 radical (unpaired) electrons. The molecule has 1 heterocycles. The Bertz CT molecular complexity index is 371. The summed E-state index contributed by atoms with van der Waals surface area (Å²) >= 11 is 0. The molecule has 5 heteroatoms. The second-order valence-corrected chi connectivity index (χ2v) is 3.34. The molecule has 0 bridgehead atoms. The van der Waals surface area contributed by atoms with Crippen LogP contribution in [0.15, 0.2) is 18.9 Å². The van der Waals surface area contributed by atoms with E-state index in [1.165, 1.54) is 0 Å². The van der Waals surface area contributed by atoms with E-state index in [1.54, 1.807) is 17.0 Å².